The van der Waals surface area contributed by atoms with E-state index in [0.29, 0.717) is 10.9 Å². The summed E-state index contributed by atoms with van der Waals surface area (Å²) < 4.78 is 0. The Morgan fingerprint density at radius 1 is 1.35 bits per heavy atom. The standard InChI is InChI=1S/C16H19N5O4S/c1-10(15(24)25)21(8-7-17-11(2)22)14(23)12-9-26-16(19-12)20-13-5-3-4-6-18-13/h3-6,9-10H,7-8H2,1-2H3,(H,17,22)(H,24,25)(H,18,19,20). The van der Waals surface area contributed by atoms with Crippen molar-refractivity contribution >= 4 is 40.1 Å². The summed E-state index contributed by atoms with van der Waals surface area (Å²) in [5, 5.41) is 16.8. The zero-order valence-corrected chi connectivity index (χ0v) is 15.1. The van der Waals surface area contributed by atoms with E-state index >= 15 is 0 Å². The maximum Gasteiger partial charge on any atom is 0.326 e. The number of aromatic nitrogens is 2. The highest BCUT2D eigenvalue weighted by Crippen LogP contribution is 2.21. The predicted octanol–water partition coefficient (Wildman–Crippen LogP) is 1.33. The van der Waals surface area contributed by atoms with Gasteiger partial charge in [-0.3, -0.25) is 9.59 Å². The smallest absolute Gasteiger partial charge is 0.326 e. The van der Waals surface area contributed by atoms with E-state index < -0.39 is 17.9 Å². The first-order chi connectivity index (χ1) is 12.4. The average molecular weight is 377 g/mol. The van der Waals surface area contributed by atoms with Gasteiger partial charge >= 0.3 is 5.97 Å². The molecular formula is C16H19N5O4S. The number of anilines is 2. The number of carboxylic acid groups (broad SMARTS) is 1. The number of thiazole rings is 1. The van der Waals surface area contributed by atoms with E-state index in [1.165, 1.54) is 25.2 Å². The van der Waals surface area contributed by atoms with E-state index in [1.807, 2.05) is 6.07 Å². The van der Waals surface area contributed by atoms with Gasteiger partial charge in [0.2, 0.25) is 5.91 Å². The van der Waals surface area contributed by atoms with E-state index in [2.05, 4.69) is 20.6 Å². The van der Waals surface area contributed by atoms with Gasteiger partial charge in [0.05, 0.1) is 0 Å². The lowest BCUT2D eigenvalue weighted by Gasteiger charge is -2.25. The van der Waals surface area contributed by atoms with Gasteiger partial charge in [0, 0.05) is 31.6 Å². The Labute approximate surface area is 154 Å². The van der Waals surface area contributed by atoms with Crippen molar-refractivity contribution in [2.75, 3.05) is 18.4 Å². The Morgan fingerprint density at radius 2 is 2.12 bits per heavy atom. The molecule has 2 amide bonds. The summed E-state index contributed by atoms with van der Waals surface area (Å²) in [6, 6.07) is 4.30. The number of amides is 2. The van der Waals surface area contributed by atoms with Gasteiger partial charge in [-0.25, -0.2) is 14.8 Å². The molecule has 2 heterocycles. The molecule has 0 aliphatic rings. The second kappa shape index (κ2) is 8.90. The lowest BCUT2D eigenvalue weighted by atomic mass is 10.2. The molecule has 0 saturated heterocycles. The van der Waals surface area contributed by atoms with Crippen molar-refractivity contribution in [2.45, 2.75) is 19.9 Å². The van der Waals surface area contributed by atoms with Crippen LogP contribution in [-0.4, -0.2) is 56.9 Å². The third kappa shape index (κ3) is 5.24. The molecular weight excluding hydrogens is 358 g/mol. The monoisotopic (exact) mass is 377 g/mol. The van der Waals surface area contributed by atoms with Gasteiger partial charge in [0.25, 0.3) is 5.91 Å². The molecule has 1 unspecified atom stereocenters. The molecule has 0 fully saturated rings. The van der Waals surface area contributed by atoms with E-state index in [1.54, 1.807) is 23.7 Å². The zero-order valence-electron chi connectivity index (χ0n) is 14.3. The molecule has 0 spiro atoms. The van der Waals surface area contributed by atoms with Crippen LogP contribution >= 0.6 is 11.3 Å². The third-order valence-corrected chi connectivity index (χ3v) is 4.19. The predicted molar refractivity (Wildman–Crippen MR) is 96.5 cm³/mol. The molecule has 1 atom stereocenters. The molecule has 2 aromatic rings. The van der Waals surface area contributed by atoms with Crippen LogP contribution in [0.5, 0.6) is 0 Å². The number of hydrogen-bond acceptors (Lipinski definition) is 7. The summed E-state index contributed by atoms with van der Waals surface area (Å²) in [6.07, 6.45) is 1.63. The topological polar surface area (TPSA) is 125 Å². The van der Waals surface area contributed by atoms with Crippen molar-refractivity contribution in [1.82, 2.24) is 20.2 Å². The van der Waals surface area contributed by atoms with Crippen molar-refractivity contribution in [3.63, 3.8) is 0 Å². The van der Waals surface area contributed by atoms with E-state index in [0.717, 1.165) is 4.90 Å². The molecule has 0 bridgehead atoms. The molecule has 0 aromatic carbocycles. The number of pyridine rings is 1. The fourth-order valence-electron chi connectivity index (χ4n) is 2.08. The Morgan fingerprint density at radius 3 is 2.73 bits per heavy atom. The molecule has 2 aromatic heterocycles. The highest BCUT2D eigenvalue weighted by atomic mass is 32.1. The van der Waals surface area contributed by atoms with Crippen LogP contribution in [0.4, 0.5) is 10.9 Å². The SMILES string of the molecule is CC(=O)NCCN(C(=O)c1csc(Nc2ccccn2)n1)C(C)C(=O)O. The number of aliphatic carboxylic acids is 1. The van der Waals surface area contributed by atoms with Crippen molar-refractivity contribution < 1.29 is 19.5 Å². The van der Waals surface area contributed by atoms with E-state index in [4.69, 9.17) is 0 Å². The van der Waals surface area contributed by atoms with Gasteiger partial charge in [-0.1, -0.05) is 6.07 Å². The molecule has 10 heteroatoms. The summed E-state index contributed by atoms with van der Waals surface area (Å²) in [4.78, 5) is 44.5. The second-order valence-corrected chi connectivity index (χ2v) is 6.23. The van der Waals surface area contributed by atoms with Crippen molar-refractivity contribution in [1.29, 1.82) is 0 Å². The summed E-state index contributed by atoms with van der Waals surface area (Å²) in [5.41, 5.74) is 0.129. The van der Waals surface area contributed by atoms with Crippen LogP contribution in [0, 0.1) is 0 Å². The largest absolute Gasteiger partial charge is 0.480 e. The van der Waals surface area contributed by atoms with Crippen LogP contribution in [0.25, 0.3) is 0 Å². The van der Waals surface area contributed by atoms with Gasteiger partial charge in [-0.2, -0.15) is 0 Å². The summed E-state index contributed by atoms with van der Waals surface area (Å²) in [5.74, 6) is -1.32. The third-order valence-electron chi connectivity index (χ3n) is 3.44. The number of nitrogens with zero attached hydrogens (tertiary/aromatic N) is 3. The van der Waals surface area contributed by atoms with Crippen LogP contribution in [-0.2, 0) is 9.59 Å². The first-order valence-corrected chi connectivity index (χ1v) is 8.68. The Hall–Kier alpha value is -3.01. The Bertz CT molecular complexity index is 780. The van der Waals surface area contributed by atoms with Gasteiger partial charge in [0.1, 0.15) is 17.6 Å². The van der Waals surface area contributed by atoms with Crippen LogP contribution < -0.4 is 10.6 Å². The summed E-state index contributed by atoms with van der Waals surface area (Å²) >= 11 is 1.21. The molecule has 0 radical (unpaired) electrons. The summed E-state index contributed by atoms with van der Waals surface area (Å²) in [6.45, 7) is 2.98. The molecule has 26 heavy (non-hydrogen) atoms. The second-order valence-electron chi connectivity index (χ2n) is 5.37. The highest BCUT2D eigenvalue weighted by molar-refractivity contribution is 7.14. The quantitative estimate of drug-likeness (QED) is 0.634. The number of carbonyl (C=O) groups excluding carboxylic acids is 2. The first kappa shape index (κ1) is 19.3. The molecule has 0 aliphatic heterocycles. The zero-order chi connectivity index (χ0) is 19.1. The Balaban J connectivity index is 2.11. The number of rotatable bonds is 8. The minimum Gasteiger partial charge on any atom is -0.480 e. The normalized spacial score (nSPS) is 11.5. The van der Waals surface area contributed by atoms with Crippen LogP contribution in [0.3, 0.4) is 0 Å². The first-order valence-electron chi connectivity index (χ1n) is 7.80. The maximum absolute atomic E-state index is 12.7. The molecule has 9 nitrogen and oxygen atoms in total. The molecule has 3 N–H and O–H groups in total. The van der Waals surface area contributed by atoms with E-state index in [9.17, 15) is 19.5 Å². The minimum atomic E-state index is -1.14. The lowest BCUT2D eigenvalue weighted by molar-refractivity contribution is -0.141. The fraction of sp³-hybridized carbons (Fsp3) is 0.312. The maximum atomic E-state index is 12.7. The summed E-state index contributed by atoms with van der Waals surface area (Å²) in [7, 11) is 0. The number of nitrogens with one attached hydrogen (secondary N) is 2. The van der Waals surface area contributed by atoms with Crippen molar-refractivity contribution in [3.05, 3.63) is 35.5 Å². The number of hydrogen-bond donors (Lipinski definition) is 3. The van der Waals surface area contributed by atoms with Crippen LogP contribution in [0.15, 0.2) is 29.8 Å². The number of carboxylic acids is 1. The minimum absolute atomic E-state index is 0.0619. The average Bonchev–Trinajstić information content (AvgIpc) is 3.06. The Kier molecular flexibility index (Phi) is 6.61. The van der Waals surface area contributed by atoms with Gasteiger partial charge in [-0.15, -0.1) is 11.3 Å². The molecule has 2 rings (SSSR count). The van der Waals surface area contributed by atoms with E-state index in [-0.39, 0.29) is 24.7 Å². The van der Waals surface area contributed by atoms with Crippen LogP contribution in [0.2, 0.25) is 0 Å². The fourth-order valence-corrected chi connectivity index (χ4v) is 2.77. The van der Waals surface area contributed by atoms with Gasteiger partial charge in [-0.05, 0) is 19.1 Å². The van der Waals surface area contributed by atoms with Gasteiger partial charge in [0.15, 0.2) is 5.13 Å². The highest BCUT2D eigenvalue weighted by Gasteiger charge is 2.27. The molecule has 0 saturated carbocycles. The lowest BCUT2D eigenvalue weighted by Crippen LogP contribution is -2.46. The van der Waals surface area contributed by atoms with Crippen molar-refractivity contribution in [2.24, 2.45) is 0 Å². The van der Waals surface area contributed by atoms with Crippen LogP contribution in [0.1, 0.15) is 24.3 Å². The molecule has 0 aliphatic carbocycles. The van der Waals surface area contributed by atoms with Gasteiger partial charge < -0.3 is 20.6 Å². The molecule has 138 valence electrons. The number of carbonyl (C=O) groups is 3. The van der Waals surface area contributed by atoms with Crippen molar-refractivity contribution in [3.8, 4) is 0 Å².